The number of carbonyl (C=O) groups excluding carboxylic acids is 4. The largest absolute Gasteiger partial charge is 0.472 e. The first-order valence-corrected chi connectivity index (χ1v) is 38.7. The van der Waals surface area contributed by atoms with Gasteiger partial charge in [-0.25, -0.2) is 9.13 Å². The van der Waals surface area contributed by atoms with Gasteiger partial charge in [0.15, 0.2) is 12.2 Å². The Labute approximate surface area is 537 Å². The van der Waals surface area contributed by atoms with Crippen LogP contribution in [-0.2, 0) is 65.4 Å². The van der Waals surface area contributed by atoms with Crippen molar-refractivity contribution in [2.45, 2.75) is 356 Å². The van der Waals surface area contributed by atoms with E-state index in [0.717, 1.165) is 108 Å². The molecule has 0 aliphatic rings. The molecule has 5 atom stereocenters. The van der Waals surface area contributed by atoms with Gasteiger partial charge in [0.25, 0.3) is 0 Å². The van der Waals surface area contributed by atoms with Gasteiger partial charge in [0, 0.05) is 25.7 Å². The van der Waals surface area contributed by atoms with Crippen molar-refractivity contribution in [3.05, 3.63) is 0 Å². The van der Waals surface area contributed by atoms with E-state index >= 15 is 0 Å². The predicted molar refractivity (Wildman–Crippen MR) is 354 cm³/mol. The minimum Gasteiger partial charge on any atom is -0.462 e. The first-order chi connectivity index (χ1) is 42.1. The van der Waals surface area contributed by atoms with Crippen LogP contribution in [0.3, 0.4) is 0 Å². The molecule has 0 aliphatic heterocycles. The average Bonchev–Trinajstić information content (AvgIpc) is 3.53. The van der Waals surface area contributed by atoms with Crippen LogP contribution >= 0.6 is 15.6 Å². The number of aliphatic hydroxyl groups is 1. The van der Waals surface area contributed by atoms with Crippen LogP contribution in [0, 0.1) is 23.7 Å². The van der Waals surface area contributed by atoms with Gasteiger partial charge in [-0.1, -0.05) is 287 Å². The maximum Gasteiger partial charge on any atom is 0.472 e. The zero-order valence-electron chi connectivity index (χ0n) is 57.3. The monoisotopic (exact) mass is 1300 g/mol. The van der Waals surface area contributed by atoms with Crippen LogP contribution in [-0.4, -0.2) is 96.7 Å². The third kappa shape index (κ3) is 62.8. The number of phosphoric ester groups is 2. The summed E-state index contributed by atoms with van der Waals surface area (Å²) in [5.74, 6) is 0.788. The van der Waals surface area contributed by atoms with Crippen molar-refractivity contribution >= 4 is 39.5 Å². The molecule has 0 amide bonds. The fourth-order valence-corrected chi connectivity index (χ4v) is 11.9. The highest BCUT2D eigenvalue weighted by molar-refractivity contribution is 7.47. The van der Waals surface area contributed by atoms with E-state index in [0.29, 0.717) is 37.5 Å². The zero-order chi connectivity index (χ0) is 65.4. The lowest BCUT2D eigenvalue weighted by Crippen LogP contribution is -2.30. The standard InChI is InChI=1S/C69H134O17P2/c1-59(2)45-37-29-21-16-12-9-10-14-18-24-33-41-49-66(71)79-55-64(85-68(73)51-43-35-25-19-15-11-13-17-22-30-38-46-60(3)4)57-83-87(75,76)81-53-63(70)54-82-88(77,78)84-58-65(56-80-67(72)50-42-34-28-27-32-40-48-62(7)8)86-69(74)52-44-36-26-20-23-31-39-47-61(5)6/h59-65,70H,9-58H2,1-8H3,(H,75,76)(H,77,78)/t63-,64-,65-/m1/s1. The van der Waals surface area contributed by atoms with Gasteiger partial charge in [-0.2, -0.15) is 0 Å². The molecule has 0 rings (SSSR count). The van der Waals surface area contributed by atoms with Crippen LogP contribution in [0.25, 0.3) is 0 Å². The first kappa shape index (κ1) is 86.1. The molecular formula is C69H134O17P2. The lowest BCUT2D eigenvalue weighted by molar-refractivity contribution is -0.161. The number of hydrogen-bond donors (Lipinski definition) is 3. The van der Waals surface area contributed by atoms with Gasteiger partial charge in [-0.05, 0) is 49.4 Å². The summed E-state index contributed by atoms with van der Waals surface area (Å²) < 4.78 is 68.2. The van der Waals surface area contributed by atoms with Crippen molar-refractivity contribution < 1.29 is 80.2 Å². The Hall–Kier alpha value is -1.94. The number of aliphatic hydroxyl groups excluding tert-OH is 1. The van der Waals surface area contributed by atoms with Gasteiger partial charge in [-0.3, -0.25) is 37.3 Å². The Morgan fingerprint density at radius 1 is 0.284 bits per heavy atom. The molecule has 0 saturated heterocycles. The first-order valence-electron chi connectivity index (χ1n) is 35.7. The van der Waals surface area contributed by atoms with E-state index in [-0.39, 0.29) is 25.7 Å². The number of ether oxygens (including phenoxy) is 4. The predicted octanol–water partition coefficient (Wildman–Crippen LogP) is 19.3. The van der Waals surface area contributed by atoms with Crippen molar-refractivity contribution in [2.75, 3.05) is 39.6 Å². The highest BCUT2D eigenvalue weighted by atomic mass is 31.2. The Balaban J connectivity index is 5.24. The second-order valence-corrected chi connectivity index (χ2v) is 29.7. The van der Waals surface area contributed by atoms with Crippen LogP contribution in [0.4, 0.5) is 0 Å². The molecule has 2 unspecified atom stereocenters. The molecule has 522 valence electrons. The topological polar surface area (TPSA) is 237 Å². The fourth-order valence-electron chi connectivity index (χ4n) is 10.3. The SMILES string of the molecule is CC(C)CCCCCCCCCCCCCCC(=O)OC[C@H](COP(=O)(O)OC[C@@H](O)COP(=O)(O)OC[C@@H](COC(=O)CCCCCCCCC(C)C)OC(=O)CCCCCCCCCC(C)C)OC(=O)CCCCCCCCCCCCCC(C)C. The van der Waals surface area contributed by atoms with Crippen molar-refractivity contribution in [1.29, 1.82) is 0 Å². The minimum absolute atomic E-state index is 0.102. The van der Waals surface area contributed by atoms with Gasteiger partial charge >= 0.3 is 39.5 Å². The van der Waals surface area contributed by atoms with E-state index in [1.54, 1.807) is 0 Å². The van der Waals surface area contributed by atoms with Gasteiger partial charge in [0.1, 0.15) is 19.3 Å². The van der Waals surface area contributed by atoms with E-state index in [1.807, 2.05) is 0 Å². The molecule has 88 heavy (non-hydrogen) atoms. The van der Waals surface area contributed by atoms with Gasteiger partial charge < -0.3 is 33.8 Å². The van der Waals surface area contributed by atoms with Crippen LogP contribution in [0.1, 0.15) is 338 Å². The molecule has 0 aliphatic carbocycles. The summed E-state index contributed by atoms with van der Waals surface area (Å²) in [4.78, 5) is 72.4. The smallest absolute Gasteiger partial charge is 0.462 e. The summed E-state index contributed by atoms with van der Waals surface area (Å²) in [5.41, 5.74) is 0. The minimum atomic E-state index is -4.95. The van der Waals surface area contributed by atoms with Crippen molar-refractivity contribution in [1.82, 2.24) is 0 Å². The van der Waals surface area contributed by atoms with Crippen molar-refractivity contribution in [3.8, 4) is 0 Å². The van der Waals surface area contributed by atoms with Crippen LogP contribution in [0.2, 0.25) is 0 Å². The third-order valence-electron chi connectivity index (χ3n) is 15.8. The molecule has 0 heterocycles. The summed E-state index contributed by atoms with van der Waals surface area (Å²) >= 11 is 0. The summed E-state index contributed by atoms with van der Waals surface area (Å²) in [7, 11) is -9.90. The van der Waals surface area contributed by atoms with Gasteiger partial charge in [-0.15, -0.1) is 0 Å². The molecule has 0 bridgehead atoms. The van der Waals surface area contributed by atoms with Gasteiger partial charge in [0.05, 0.1) is 26.4 Å². The van der Waals surface area contributed by atoms with Crippen molar-refractivity contribution in [3.63, 3.8) is 0 Å². The lowest BCUT2D eigenvalue weighted by Gasteiger charge is -2.21. The zero-order valence-corrected chi connectivity index (χ0v) is 59.1. The fraction of sp³-hybridized carbons (Fsp3) is 0.942. The Kier molecular flexibility index (Phi) is 57.6. The van der Waals surface area contributed by atoms with Crippen LogP contribution in [0.5, 0.6) is 0 Å². The molecule has 0 radical (unpaired) electrons. The van der Waals surface area contributed by atoms with Crippen LogP contribution < -0.4 is 0 Å². The summed E-state index contributed by atoms with van der Waals surface area (Å²) in [5, 5.41) is 10.6. The number of phosphoric acid groups is 2. The highest BCUT2D eigenvalue weighted by Gasteiger charge is 2.30. The molecule has 0 fully saturated rings. The number of unbranched alkanes of at least 4 members (excludes halogenated alkanes) is 32. The summed E-state index contributed by atoms with van der Waals surface area (Å²) in [6.07, 6.45) is 40.5. The second-order valence-electron chi connectivity index (χ2n) is 26.8. The molecule has 0 aromatic carbocycles. The number of esters is 4. The Morgan fingerprint density at radius 2 is 0.477 bits per heavy atom. The average molecular weight is 1300 g/mol. The van der Waals surface area contributed by atoms with Crippen LogP contribution in [0.15, 0.2) is 0 Å². The number of hydrogen-bond acceptors (Lipinski definition) is 15. The van der Waals surface area contributed by atoms with E-state index in [9.17, 15) is 43.2 Å². The molecule has 17 nitrogen and oxygen atoms in total. The molecule has 0 spiro atoms. The number of carbonyl (C=O) groups is 4. The number of rotatable bonds is 66. The molecule has 0 aromatic rings. The molecular weight excluding hydrogens is 1160 g/mol. The summed E-state index contributed by atoms with van der Waals surface area (Å²) in [6, 6.07) is 0. The summed E-state index contributed by atoms with van der Waals surface area (Å²) in [6.45, 7) is 14.0. The van der Waals surface area contributed by atoms with Gasteiger partial charge in [0.2, 0.25) is 0 Å². The maximum atomic E-state index is 13.0. The Bertz CT molecular complexity index is 1750. The Morgan fingerprint density at radius 3 is 0.705 bits per heavy atom. The molecule has 0 saturated carbocycles. The third-order valence-corrected chi connectivity index (χ3v) is 17.7. The van der Waals surface area contributed by atoms with E-state index in [4.69, 9.17) is 37.0 Å². The normalized spacial score (nSPS) is 14.3. The van der Waals surface area contributed by atoms with E-state index < -0.39 is 97.5 Å². The lowest BCUT2D eigenvalue weighted by atomic mass is 10.0. The second kappa shape index (κ2) is 58.8. The molecule has 19 heteroatoms. The molecule has 3 N–H and O–H groups in total. The van der Waals surface area contributed by atoms with E-state index in [2.05, 4.69) is 55.4 Å². The quantitative estimate of drug-likeness (QED) is 0.0222. The maximum absolute atomic E-state index is 13.0. The highest BCUT2D eigenvalue weighted by Crippen LogP contribution is 2.45. The molecule has 0 aromatic heterocycles. The van der Waals surface area contributed by atoms with Crippen molar-refractivity contribution in [2.24, 2.45) is 23.7 Å². The van der Waals surface area contributed by atoms with E-state index in [1.165, 1.54) is 135 Å².